The second kappa shape index (κ2) is 7.60. The summed E-state index contributed by atoms with van der Waals surface area (Å²) >= 11 is 0. The fourth-order valence-electron chi connectivity index (χ4n) is 2.22. The summed E-state index contributed by atoms with van der Waals surface area (Å²) in [6, 6.07) is 8.45. The number of likely N-dealkylation sites (N-methyl/N-ethyl adjacent to an activating group) is 1. The van der Waals surface area contributed by atoms with E-state index in [0.29, 0.717) is 22.6 Å². The number of hydrogen-bond acceptors (Lipinski definition) is 5. The van der Waals surface area contributed by atoms with Crippen LogP contribution in [0.2, 0.25) is 0 Å². The van der Waals surface area contributed by atoms with Crippen molar-refractivity contribution >= 4 is 5.91 Å². The van der Waals surface area contributed by atoms with Crippen molar-refractivity contribution in [3.63, 3.8) is 0 Å². The highest BCUT2D eigenvalue weighted by atomic mass is 16.5. The summed E-state index contributed by atoms with van der Waals surface area (Å²) in [6.07, 6.45) is 2.29. The molecule has 0 aliphatic heterocycles. The first-order valence-electron chi connectivity index (χ1n) is 7.12. The van der Waals surface area contributed by atoms with Crippen LogP contribution in [0.1, 0.15) is 22.0 Å². The number of aliphatic hydroxyl groups excluding tert-OH is 1. The summed E-state index contributed by atoms with van der Waals surface area (Å²) in [7, 11) is 4.73. The van der Waals surface area contributed by atoms with E-state index >= 15 is 0 Å². The lowest BCUT2D eigenvalue weighted by atomic mass is 10.1. The van der Waals surface area contributed by atoms with E-state index in [1.165, 1.54) is 12.0 Å². The molecule has 1 heterocycles. The fourth-order valence-corrected chi connectivity index (χ4v) is 2.22. The quantitative estimate of drug-likeness (QED) is 0.881. The molecule has 2 rings (SSSR count). The van der Waals surface area contributed by atoms with E-state index in [1.54, 1.807) is 56.9 Å². The third-order valence-electron chi connectivity index (χ3n) is 3.51. The Morgan fingerprint density at radius 1 is 1.17 bits per heavy atom. The van der Waals surface area contributed by atoms with E-state index in [9.17, 15) is 9.90 Å². The number of benzene rings is 1. The van der Waals surface area contributed by atoms with E-state index < -0.39 is 6.10 Å². The van der Waals surface area contributed by atoms with Gasteiger partial charge in [-0.15, -0.1) is 0 Å². The number of methoxy groups -OCH3 is 2. The highest BCUT2D eigenvalue weighted by Gasteiger charge is 2.18. The molecule has 0 saturated carbocycles. The third kappa shape index (κ3) is 3.98. The molecule has 0 aliphatic rings. The van der Waals surface area contributed by atoms with Gasteiger partial charge in [-0.1, -0.05) is 6.07 Å². The monoisotopic (exact) mass is 316 g/mol. The van der Waals surface area contributed by atoms with Gasteiger partial charge in [0.25, 0.3) is 5.91 Å². The Kier molecular flexibility index (Phi) is 5.54. The Morgan fingerprint density at radius 2 is 1.83 bits per heavy atom. The van der Waals surface area contributed by atoms with Crippen LogP contribution in [0.25, 0.3) is 0 Å². The van der Waals surface area contributed by atoms with Crippen molar-refractivity contribution < 1.29 is 19.4 Å². The van der Waals surface area contributed by atoms with Gasteiger partial charge in [0.05, 0.1) is 26.9 Å². The average molecular weight is 316 g/mol. The summed E-state index contributed by atoms with van der Waals surface area (Å²) in [5.41, 5.74) is 1.18. The molecular formula is C17H20N2O4. The first-order valence-corrected chi connectivity index (χ1v) is 7.12. The maximum Gasteiger partial charge on any atom is 0.253 e. The van der Waals surface area contributed by atoms with Gasteiger partial charge in [-0.3, -0.25) is 9.78 Å². The van der Waals surface area contributed by atoms with Gasteiger partial charge in [0, 0.05) is 25.0 Å². The van der Waals surface area contributed by atoms with E-state index in [-0.39, 0.29) is 12.5 Å². The molecule has 122 valence electrons. The number of nitrogens with zero attached hydrogens (tertiary/aromatic N) is 2. The largest absolute Gasteiger partial charge is 0.493 e. The molecule has 0 bridgehead atoms. The number of aromatic nitrogens is 1. The molecule has 23 heavy (non-hydrogen) atoms. The second-order valence-electron chi connectivity index (χ2n) is 5.05. The highest BCUT2D eigenvalue weighted by molar-refractivity contribution is 5.93. The number of aliphatic hydroxyl groups is 1. The van der Waals surface area contributed by atoms with Crippen molar-refractivity contribution in [3.05, 3.63) is 53.9 Å². The first kappa shape index (κ1) is 16.8. The Labute approximate surface area is 135 Å². The molecule has 1 atom stereocenters. The highest BCUT2D eigenvalue weighted by Crippen LogP contribution is 2.30. The SMILES string of the molecule is COc1ccc(C(O)CN(C)C(=O)c2ccncc2)cc1OC. The molecular weight excluding hydrogens is 296 g/mol. The smallest absolute Gasteiger partial charge is 0.253 e. The predicted octanol–water partition coefficient (Wildman–Crippen LogP) is 1.90. The van der Waals surface area contributed by atoms with E-state index in [1.807, 2.05) is 0 Å². The van der Waals surface area contributed by atoms with Crippen LogP contribution in [-0.2, 0) is 0 Å². The summed E-state index contributed by atoms with van der Waals surface area (Å²) < 4.78 is 10.4. The van der Waals surface area contributed by atoms with Crippen LogP contribution in [-0.4, -0.2) is 48.7 Å². The van der Waals surface area contributed by atoms with Gasteiger partial charge in [0.15, 0.2) is 11.5 Å². The number of hydrogen-bond donors (Lipinski definition) is 1. The number of carbonyl (C=O) groups excluding carboxylic acids is 1. The van der Waals surface area contributed by atoms with Gasteiger partial charge in [0.2, 0.25) is 0 Å². The minimum Gasteiger partial charge on any atom is -0.493 e. The molecule has 0 fully saturated rings. The van der Waals surface area contributed by atoms with E-state index in [2.05, 4.69) is 4.98 Å². The summed E-state index contributed by atoms with van der Waals surface area (Å²) in [5.74, 6) is 0.948. The van der Waals surface area contributed by atoms with Gasteiger partial charge in [-0.2, -0.15) is 0 Å². The van der Waals surface area contributed by atoms with Gasteiger partial charge in [-0.25, -0.2) is 0 Å². The zero-order valence-electron chi connectivity index (χ0n) is 13.4. The van der Waals surface area contributed by atoms with Gasteiger partial charge >= 0.3 is 0 Å². The minimum absolute atomic E-state index is 0.163. The second-order valence-corrected chi connectivity index (χ2v) is 5.05. The number of rotatable bonds is 6. The predicted molar refractivity (Wildman–Crippen MR) is 85.7 cm³/mol. The van der Waals surface area contributed by atoms with Crippen LogP contribution in [0.3, 0.4) is 0 Å². The molecule has 0 radical (unpaired) electrons. The lowest BCUT2D eigenvalue weighted by molar-refractivity contribution is 0.0680. The zero-order chi connectivity index (χ0) is 16.8. The van der Waals surface area contributed by atoms with Crippen molar-refractivity contribution in [2.75, 3.05) is 27.8 Å². The van der Waals surface area contributed by atoms with Crippen LogP contribution in [0.15, 0.2) is 42.7 Å². The lowest BCUT2D eigenvalue weighted by Crippen LogP contribution is -2.31. The maximum atomic E-state index is 12.3. The van der Waals surface area contributed by atoms with Crippen molar-refractivity contribution in [1.82, 2.24) is 9.88 Å². The van der Waals surface area contributed by atoms with Crippen LogP contribution < -0.4 is 9.47 Å². The molecule has 0 saturated heterocycles. The maximum absolute atomic E-state index is 12.3. The van der Waals surface area contributed by atoms with Crippen molar-refractivity contribution in [2.24, 2.45) is 0 Å². The normalized spacial score (nSPS) is 11.7. The van der Waals surface area contributed by atoms with E-state index in [4.69, 9.17) is 9.47 Å². The average Bonchev–Trinajstić information content (AvgIpc) is 2.60. The topological polar surface area (TPSA) is 71.9 Å². The number of ether oxygens (including phenoxy) is 2. The third-order valence-corrected chi connectivity index (χ3v) is 3.51. The molecule has 2 aromatic rings. The number of amides is 1. The molecule has 1 unspecified atom stereocenters. The Hall–Kier alpha value is -2.60. The van der Waals surface area contributed by atoms with Crippen LogP contribution in [0.5, 0.6) is 11.5 Å². The molecule has 0 spiro atoms. The first-order chi connectivity index (χ1) is 11.1. The van der Waals surface area contributed by atoms with Crippen molar-refractivity contribution in [2.45, 2.75) is 6.10 Å². The van der Waals surface area contributed by atoms with Crippen LogP contribution in [0, 0.1) is 0 Å². The van der Waals surface area contributed by atoms with Crippen LogP contribution >= 0.6 is 0 Å². The zero-order valence-corrected chi connectivity index (χ0v) is 13.4. The van der Waals surface area contributed by atoms with Crippen LogP contribution in [0.4, 0.5) is 0 Å². The van der Waals surface area contributed by atoms with Crippen molar-refractivity contribution in [3.8, 4) is 11.5 Å². The van der Waals surface area contributed by atoms with Crippen molar-refractivity contribution in [1.29, 1.82) is 0 Å². The minimum atomic E-state index is -0.828. The lowest BCUT2D eigenvalue weighted by Gasteiger charge is -2.21. The Balaban J connectivity index is 2.09. The molecule has 1 aromatic carbocycles. The summed E-state index contributed by atoms with van der Waals surface area (Å²) in [6.45, 7) is 0.163. The molecule has 1 N–H and O–H groups in total. The van der Waals surface area contributed by atoms with Gasteiger partial charge < -0.3 is 19.5 Å². The van der Waals surface area contributed by atoms with Gasteiger partial charge in [0.1, 0.15) is 0 Å². The molecule has 1 amide bonds. The standard InChI is InChI=1S/C17H20N2O4/c1-19(17(21)12-6-8-18-9-7-12)11-14(20)13-4-5-15(22-2)16(10-13)23-3/h4-10,14,20H,11H2,1-3H3. The van der Waals surface area contributed by atoms with E-state index in [0.717, 1.165) is 0 Å². The fraction of sp³-hybridized carbons (Fsp3) is 0.294. The van der Waals surface area contributed by atoms with Gasteiger partial charge in [-0.05, 0) is 29.8 Å². The molecule has 1 aromatic heterocycles. The Morgan fingerprint density at radius 3 is 2.43 bits per heavy atom. The summed E-state index contributed by atoms with van der Waals surface area (Å²) in [4.78, 5) is 17.6. The number of pyridine rings is 1. The molecule has 0 aliphatic carbocycles. The summed E-state index contributed by atoms with van der Waals surface area (Å²) in [5, 5.41) is 10.4. The molecule has 6 nitrogen and oxygen atoms in total. The number of carbonyl (C=O) groups is 1. The molecule has 6 heteroatoms. The Bertz CT molecular complexity index is 661.